The average Bonchev–Trinajstić information content (AvgIpc) is 2.89. The molecule has 35 heavy (non-hydrogen) atoms. The molecule has 0 saturated carbocycles. The molecule has 0 aliphatic heterocycles. The Hall–Kier alpha value is -4.53. The second-order valence-electron chi connectivity index (χ2n) is 7.74. The first-order valence-corrected chi connectivity index (χ1v) is 10.8. The molecular formula is C26H25N3O6. The molecule has 0 aliphatic rings. The number of carbonyl (C=O) groups is 1. The van der Waals surface area contributed by atoms with Gasteiger partial charge in [0.1, 0.15) is 11.8 Å². The summed E-state index contributed by atoms with van der Waals surface area (Å²) >= 11 is 0. The lowest BCUT2D eigenvalue weighted by Gasteiger charge is -2.20. The van der Waals surface area contributed by atoms with Crippen molar-refractivity contribution in [1.82, 2.24) is 9.13 Å². The Morgan fingerprint density at radius 2 is 1.54 bits per heavy atom. The summed E-state index contributed by atoms with van der Waals surface area (Å²) in [4.78, 5) is 40.1. The monoisotopic (exact) mass is 475 g/mol. The Bertz CT molecular complexity index is 1500. The number of methoxy groups -OCH3 is 3. The fourth-order valence-electron chi connectivity index (χ4n) is 3.89. The van der Waals surface area contributed by atoms with Crippen molar-refractivity contribution in [3.63, 3.8) is 0 Å². The minimum atomic E-state index is -0.939. The maximum absolute atomic E-state index is 13.6. The summed E-state index contributed by atoms with van der Waals surface area (Å²) in [5, 5.41) is 3.12. The van der Waals surface area contributed by atoms with E-state index in [2.05, 4.69) is 5.32 Å². The van der Waals surface area contributed by atoms with Gasteiger partial charge >= 0.3 is 5.69 Å². The van der Waals surface area contributed by atoms with E-state index in [-0.39, 0.29) is 0 Å². The average molecular weight is 476 g/mol. The summed E-state index contributed by atoms with van der Waals surface area (Å²) in [6.07, 6.45) is 0. The Kier molecular flexibility index (Phi) is 6.59. The van der Waals surface area contributed by atoms with E-state index < -0.39 is 23.2 Å². The first-order valence-electron chi connectivity index (χ1n) is 10.8. The minimum absolute atomic E-state index is 0.314. The van der Waals surface area contributed by atoms with Gasteiger partial charge in [-0.15, -0.1) is 0 Å². The molecule has 1 heterocycles. The second kappa shape index (κ2) is 9.76. The van der Waals surface area contributed by atoms with Gasteiger partial charge in [0.2, 0.25) is 5.91 Å². The van der Waals surface area contributed by atoms with Crippen LogP contribution in [0.25, 0.3) is 16.6 Å². The van der Waals surface area contributed by atoms with Crippen LogP contribution >= 0.6 is 0 Å². The van der Waals surface area contributed by atoms with Crippen molar-refractivity contribution >= 4 is 22.5 Å². The van der Waals surface area contributed by atoms with Crippen LogP contribution in [0, 0.1) is 0 Å². The van der Waals surface area contributed by atoms with E-state index in [0.717, 1.165) is 4.57 Å². The molecule has 0 radical (unpaired) electrons. The maximum atomic E-state index is 13.6. The predicted molar refractivity (Wildman–Crippen MR) is 133 cm³/mol. The molecule has 0 aliphatic carbocycles. The number of aromatic nitrogens is 2. The van der Waals surface area contributed by atoms with Gasteiger partial charge in [0, 0.05) is 11.8 Å². The van der Waals surface area contributed by atoms with Gasteiger partial charge in [-0.25, -0.2) is 9.36 Å². The van der Waals surface area contributed by atoms with E-state index in [4.69, 9.17) is 14.2 Å². The van der Waals surface area contributed by atoms with Gasteiger partial charge in [0.05, 0.1) is 37.9 Å². The summed E-state index contributed by atoms with van der Waals surface area (Å²) in [7, 11) is 4.55. The molecule has 4 aromatic rings. The molecule has 4 rings (SSSR count). The lowest BCUT2D eigenvalue weighted by atomic mass is 10.2. The molecule has 0 spiro atoms. The summed E-state index contributed by atoms with van der Waals surface area (Å²) in [5.41, 5.74) is 0.101. The zero-order valence-electron chi connectivity index (χ0n) is 19.8. The van der Waals surface area contributed by atoms with Crippen LogP contribution in [-0.2, 0) is 4.79 Å². The number of ether oxygens (including phenoxy) is 3. The SMILES string of the molecule is COc1ccc(-n2c(=O)c3ccccc3n(C(C)C(=O)Nc3ccc(OC)c(OC)c3)c2=O)cc1. The number of hydrogen-bond acceptors (Lipinski definition) is 6. The first-order chi connectivity index (χ1) is 16.9. The Labute approximate surface area is 201 Å². The van der Waals surface area contributed by atoms with Crippen LogP contribution in [-0.4, -0.2) is 36.4 Å². The van der Waals surface area contributed by atoms with Gasteiger partial charge in [-0.3, -0.25) is 14.2 Å². The van der Waals surface area contributed by atoms with Crippen molar-refractivity contribution in [3.8, 4) is 22.9 Å². The van der Waals surface area contributed by atoms with Crippen LogP contribution in [0.2, 0.25) is 0 Å². The molecule has 0 saturated heterocycles. The lowest BCUT2D eigenvalue weighted by molar-refractivity contribution is -0.118. The molecule has 3 aromatic carbocycles. The van der Waals surface area contributed by atoms with Gasteiger partial charge in [-0.2, -0.15) is 0 Å². The third kappa shape index (κ3) is 4.35. The molecule has 180 valence electrons. The highest BCUT2D eigenvalue weighted by molar-refractivity contribution is 5.95. The zero-order valence-corrected chi connectivity index (χ0v) is 19.8. The Morgan fingerprint density at radius 1 is 0.857 bits per heavy atom. The second-order valence-corrected chi connectivity index (χ2v) is 7.74. The maximum Gasteiger partial charge on any atom is 0.336 e. The van der Waals surface area contributed by atoms with Crippen LogP contribution in [0.1, 0.15) is 13.0 Å². The molecular weight excluding hydrogens is 450 g/mol. The lowest BCUT2D eigenvalue weighted by Crippen LogP contribution is -2.42. The number of rotatable bonds is 7. The van der Waals surface area contributed by atoms with E-state index in [0.29, 0.717) is 39.5 Å². The van der Waals surface area contributed by atoms with E-state index in [1.807, 2.05) is 0 Å². The van der Waals surface area contributed by atoms with Gasteiger partial charge in [0.15, 0.2) is 11.5 Å². The van der Waals surface area contributed by atoms with Crippen molar-refractivity contribution in [1.29, 1.82) is 0 Å². The number of hydrogen-bond donors (Lipinski definition) is 1. The highest BCUT2D eigenvalue weighted by atomic mass is 16.5. The van der Waals surface area contributed by atoms with Crippen LogP contribution in [0.3, 0.4) is 0 Å². The highest BCUT2D eigenvalue weighted by Gasteiger charge is 2.23. The number of fused-ring (bicyclic) bond motifs is 1. The van der Waals surface area contributed by atoms with Gasteiger partial charge in [-0.05, 0) is 55.5 Å². The molecule has 0 fully saturated rings. The number of nitrogens with one attached hydrogen (secondary N) is 1. The van der Waals surface area contributed by atoms with Crippen LogP contribution < -0.4 is 30.8 Å². The molecule has 1 N–H and O–H groups in total. The smallest absolute Gasteiger partial charge is 0.336 e. The molecule has 0 bridgehead atoms. The van der Waals surface area contributed by atoms with Crippen molar-refractivity contribution < 1.29 is 19.0 Å². The fourth-order valence-corrected chi connectivity index (χ4v) is 3.89. The molecule has 1 amide bonds. The molecule has 9 heteroatoms. The third-order valence-electron chi connectivity index (χ3n) is 5.74. The van der Waals surface area contributed by atoms with Gasteiger partial charge < -0.3 is 19.5 Å². The van der Waals surface area contributed by atoms with Crippen molar-refractivity contribution in [2.45, 2.75) is 13.0 Å². The topological polar surface area (TPSA) is 101 Å². The quantitative estimate of drug-likeness (QED) is 0.440. The van der Waals surface area contributed by atoms with Crippen molar-refractivity contribution in [2.75, 3.05) is 26.6 Å². The number of carbonyl (C=O) groups excluding carboxylic acids is 1. The normalized spacial score (nSPS) is 11.7. The largest absolute Gasteiger partial charge is 0.497 e. The van der Waals surface area contributed by atoms with Crippen molar-refractivity contribution in [2.24, 2.45) is 0 Å². The van der Waals surface area contributed by atoms with Crippen LogP contribution in [0.4, 0.5) is 5.69 Å². The fraction of sp³-hybridized carbons (Fsp3) is 0.192. The summed E-state index contributed by atoms with van der Waals surface area (Å²) in [5.74, 6) is 1.12. The third-order valence-corrected chi connectivity index (χ3v) is 5.74. The molecule has 1 aromatic heterocycles. The minimum Gasteiger partial charge on any atom is -0.497 e. The Morgan fingerprint density at radius 3 is 2.20 bits per heavy atom. The van der Waals surface area contributed by atoms with Gasteiger partial charge in [-0.1, -0.05) is 12.1 Å². The Balaban J connectivity index is 1.81. The molecule has 9 nitrogen and oxygen atoms in total. The van der Waals surface area contributed by atoms with Crippen LogP contribution in [0.5, 0.6) is 17.2 Å². The summed E-state index contributed by atoms with van der Waals surface area (Å²) in [6.45, 7) is 1.60. The number of benzene rings is 3. The van der Waals surface area contributed by atoms with E-state index in [1.165, 1.54) is 25.9 Å². The van der Waals surface area contributed by atoms with Crippen LogP contribution in [0.15, 0.2) is 76.3 Å². The summed E-state index contributed by atoms with van der Waals surface area (Å²) in [6, 6.07) is 17.3. The van der Waals surface area contributed by atoms with E-state index >= 15 is 0 Å². The highest BCUT2D eigenvalue weighted by Crippen LogP contribution is 2.30. The number of nitrogens with zero attached hydrogens (tertiary/aromatic N) is 2. The predicted octanol–water partition coefficient (Wildman–Crippen LogP) is 3.38. The van der Waals surface area contributed by atoms with E-state index in [9.17, 15) is 14.4 Å². The first kappa shape index (κ1) is 23.6. The van der Waals surface area contributed by atoms with Gasteiger partial charge in [0.25, 0.3) is 5.56 Å². The number of amides is 1. The summed E-state index contributed by atoms with van der Waals surface area (Å²) < 4.78 is 18.1. The molecule has 1 atom stereocenters. The van der Waals surface area contributed by atoms with Crippen molar-refractivity contribution in [3.05, 3.63) is 87.6 Å². The number of para-hydroxylation sites is 1. The standard InChI is InChI=1S/C26H25N3O6/c1-16(24(30)27-17-9-14-22(34-3)23(15-17)35-4)28-21-8-6-5-7-20(21)25(31)29(26(28)32)18-10-12-19(33-2)13-11-18/h5-16H,1-4H3,(H,27,30). The van der Waals surface area contributed by atoms with E-state index in [1.54, 1.807) is 73.7 Å². The molecule has 1 unspecified atom stereocenters. The number of anilines is 1. The zero-order chi connectivity index (χ0) is 25.1.